The lowest BCUT2D eigenvalue weighted by Crippen LogP contribution is -2.15. The van der Waals surface area contributed by atoms with Gasteiger partial charge in [0, 0.05) is 11.3 Å². The lowest BCUT2D eigenvalue weighted by Gasteiger charge is -2.06. The van der Waals surface area contributed by atoms with Crippen LogP contribution in [0, 0.1) is 0 Å². The molecule has 2 N–H and O–H groups in total. The maximum Gasteiger partial charge on any atom is 0.226 e. The van der Waals surface area contributed by atoms with Gasteiger partial charge in [0.25, 0.3) is 0 Å². The third-order valence-corrected chi connectivity index (χ3v) is 4.00. The van der Waals surface area contributed by atoms with Gasteiger partial charge in [0.1, 0.15) is 0 Å². The van der Waals surface area contributed by atoms with E-state index < -0.39 is 0 Å². The van der Waals surface area contributed by atoms with E-state index in [0.29, 0.717) is 6.42 Å². The van der Waals surface area contributed by atoms with Gasteiger partial charge >= 0.3 is 0 Å². The monoisotopic (exact) mass is 289 g/mol. The molecule has 0 aromatic carbocycles. The Bertz CT molecular complexity index is 371. The van der Waals surface area contributed by atoms with Crippen molar-refractivity contribution in [3.05, 3.63) is 10.6 Å². The SMILES string of the molecule is CNCCCC(=O)Nc1nc2c(s1)CCCC2.Cl. The summed E-state index contributed by atoms with van der Waals surface area (Å²) in [6, 6.07) is 0. The zero-order valence-electron chi connectivity index (χ0n) is 10.6. The topological polar surface area (TPSA) is 54.0 Å². The summed E-state index contributed by atoms with van der Waals surface area (Å²) in [5, 5.41) is 6.72. The number of carbonyl (C=O) groups excluding carboxylic acids is 1. The second-order valence-electron chi connectivity index (χ2n) is 4.35. The van der Waals surface area contributed by atoms with E-state index in [4.69, 9.17) is 0 Å². The second kappa shape index (κ2) is 7.71. The van der Waals surface area contributed by atoms with E-state index in [1.54, 1.807) is 11.3 Å². The van der Waals surface area contributed by atoms with Crippen molar-refractivity contribution in [1.29, 1.82) is 0 Å². The van der Waals surface area contributed by atoms with Crippen LogP contribution < -0.4 is 10.6 Å². The molecule has 1 heterocycles. The van der Waals surface area contributed by atoms with E-state index in [1.165, 1.54) is 23.4 Å². The Morgan fingerprint density at radius 2 is 2.17 bits per heavy atom. The molecule has 1 amide bonds. The van der Waals surface area contributed by atoms with Crippen LogP contribution in [0.1, 0.15) is 36.3 Å². The normalized spacial score (nSPS) is 13.6. The van der Waals surface area contributed by atoms with Gasteiger partial charge in [-0.2, -0.15) is 0 Å². The molecule has 102 valence electrons. The molecule has 0 atom stereocenters. The van der Waals surface area contributed by atoms with Crippen molar-refractivity contribution in [3.8, 4) is 0 Å². The first kappa shape index (κ1) is 15.4. The first-order valence-corrected chi connectivity index (χ1v) is 7.04. The van der Waals surface area contributed by atoms with Gasteiger partial charge in [-0.1, -0.05) is 0 Å². The summed E-state index contributed by atoms with van der Waals surface area (Å²) >= 11 is 1.64. The fraction of sp³-hybridized carbons (Fsp3) is 0.667. The molecule has 0 aliphatic heterocycles. The van der Waals surface area contributed by atoms with Crippen LogP contribution in [-0.4, -0.2) is 24.5 Å². The molecule has 0 saturated heterocycles. The molecule has 1 aromatic heterocycles. The lowest BCUT2D eigenvalue weighted by molar-refractivity contribution is -0.116. The average molecular weight is 290 g/mol. The Hall–Kier alpha value is -0.650. The van der Waals surface area contributed by atoms with Gasteiger partial charge < -0.3 is 10.6 Å². The average Bonchev–Trinajstić information content (AvgIpc) is 2.71. The molecule has 0 fully saturated rings. The molecule has 1 aliphatic rings. The van der Waals surface area contributed by atoms with Crippen LogP contribution in [-0.2, 0) is 17.6 Å². The van der Waals surface area contributed by atoms with Crippen LogP contribution in [0.15, 0.2) is 0 Å². The van der Waals surface area contributed by atoms with Crippen LogP contribution in [0.25, 0.3) is 0 Å². The van der Waals surface area contributed by atoms with E-state index in [9.17, 15) is 4.79 Å². The smallest absolute Gasteiger partial charge is 0.226 e. The zero-order valence-corrected chi connectivity index (χ0v) is 12.3. The molecule has 0 spiro atoms. The van der Waals surface area contributed by atoms with Crippen LogP contribution in [0.5, 0.6) is 0 Å². The molecule has 0 saturated carbocycles. The van der Waals surface area contributed by atoms with E-state index in [2.05, 4.69) is 15.6 Å². The lowest BCUT2D eigenvalue weighted by atomic mass is 10.0. The van der Waals surface area contributed by atoms with E-state index in [0.717, 1.165) is 30.9 Å². The van der Waals surface area contributed by atoms with Gasteiger partial charge in [0.15, 0.2) is 5.13 Å². The molecule has 0 radical (unpaired) electrons. The summed E-state index contributed by atoms with van der Waals surface area (Å²) in [5.74, 6) is 0.0753. The highest BCUT2D eigenvalue weighted by atomic mass is 35.5. The molecule has 6 heteroatoms. The molecule has 2 rings (SSSR count). The summed E-state index contributed by atoms with van der Waals surface area (Å²) in [6.07, 6.45) is 6.11. The molecule has 1 aromatic rings. The van der Waals surface area contributed by atoms with Gasteiger partial charge in [-0.25, -0.2) is 4.98 Å². The number of aromatic nitrogens is 1. The highest BCUT2D eigenvalue weighted by Gasteiger charge is 2.15. The summed E-state index contributed by atoms with van der Waals surface area (Å²) in [7, 11) is 1.90. The molecular formula is C12H20ClN3OS. The van der Waals surface area contributed by atoms with Crippen molar-refractivity contribution in [2.24, 2.45) is 0 Å². The highest BCUT2D eigenvalue weighted by Crippen LogP contribution is 2.29. The number of halogens is 1. The number of rotatable bonds is 5. The molecule has 18 heavy (non-hydrogen) atoms. The van der Waals surface area contributed by atoms with Crippen molar-refractivity contribution >= 4 is 34.8 Å². The summed E-state index contributed by atoms with van der Waals surface area (Å²) in [6.45, 7) is 0.877. The molecule has 0 bridgehead atoms. The minimum atomic E-state index is 0. The first-order valence-electron chi connectivity index (χ1n) is 6.22. The third-order valence-electron chi connectivity index (χ3n) is 2.92. The van der Waals surface area contributed by atoms with Crippen LogP contribution in [0.4, 0.5) is 5.13 Å². The van der Waals surface area contributed by atoms with Crippen LogP contribution in [0.2, 0.25) is 0 Å². The van der Waals surface area contributed by atoms with Gasteiger partial charge in [-0.3, -0.25) is 4.79 Å². The Morgan fingerprint density at radius 1 is 1.39 bits per heavy atom. The van der Waals surface area contributed by atoms with E-state index in [1.807, 2.05) is 7.05 Å². The Kier molecular flexibility index (Phi) is 6.60. The number of hydrogen-bond donors (Lipinski definition) is 2. The first-order chi connectivity index (χ1) is 8.29. The number of carbonyl (C=O) groups is 1. The van der Waals surface area contributed by atoms with E-state index >= 15 is 0 Å². The summed E-state index contributed by atoms with van der Waals surface area (Å²) in [5.41, 5.74) is 1.20. The molecule has 0 unspecified atom stereocenters. The largest absolute Gasteiger partial charge is 0.320 e. The quantitative estimate of drug-likeness (QED) is 0.819. The minimum Gasteiger partial charge on any atom is -0.320 e. The standard InChI is InChI=1S/C12H19N3OS.ClH/c1-13-8-4-7-11(16)15-12-14-9-5-2-3-6-10(9)17-12;/h13H,2-8H2,1H3,(H,14,15,16);1H. The number of anilines is 1. The maximum atomic E-state index is 11.6. The predicted molar refractivity (Wildman–Crippen MR) is 77.8 cm³/mol. The number of nitrogens with one attached hydrogen (secondary N) is 2. The number of amides is 1. The van der Waals surface area contributed by atoms with Gasteiger partial charge in [-0.05, 0) is 45.7 Å². The maximum absolute atomic E-state index is 11.6. The molecule has 4 nitrogen and oxygen atoms in total. The van der Waals surface area contributed by atoms with Gasteiger partial charge in [0.05, 0.1) is 5.69 Å². The number of hydrogen-bond acceptors (Lipinski definition) is 4. The van der Waals surface area contributed by atoms with Crippen molar-refractivity contribution in [1.82, 2.24) is 10.3 Å². The Balaban J connectivity index is 0.00000162. The second-order valence-corrected chi connectivity index (χ2v) is 5.43. The molecule has 1 aliphatic carbocycles. The number of fused-ring (bicyclic) bond motifs is 1. The third kappa shape index (κ3) is 4.23. The summed E-state index contributed by atoms with van der Waals surface area (Å²) < 4.78 is 0. The number of aryl methyl sites for hydroxylation is 2. The number of thiazole rings is 1. The predicted octanol–water partition coefficient (Wildman–Crippen LogP) is 2.38. The minimum absolute atomic E-state index is 0. The van der Waals surface area contributed by atoms with Crippen molar-refractivity contribution in [2.75, 3.05) is 18.9 Å². The van der Waals surface area contributed by atoms with Crippen LogP contribution >= 0.6 is 23.7 Å². The summed E-state index contributed by atoms with van der Waals surface area (Å²) in [4.78, 5) is 17.5. The van der Waals surface area contributed by atoms with Crippen molar-refractivity contribution in [3.63, 3.8) is 0 Å². The van der Waals surface area contributed by atoms with Crippen molar-refractivity contribution < 1.29 is 4.79 Å². The fourth-order valence-electron chi connectivity index (χ4n) is 2.01. The fourth-order valence-corrected chi connectivity index (χ4v) is 3.08. The number of nitrogens with zero attached hydrogens (tertiary/aromatic N) is 1. The van der Waals surface area contributed by atoms with E-state index in [-0.39, 0.29) is 18.3 Å². The van der Waals surface area contributed by atoms with Crippen molar-refractivity contribution in [2.45, 2.75) is 38.5 Å². The van der Waals surface area contributed by atoms with Crippen LogP contribution in [0.3, 0.4) is 0 Å². The molecular weight excluding hydrogens is 270 g/mol. The van der Waals surface area contributed by atoms with Gasteiger partial charge in [-0.15, -0.1) is 23.7 Å². The highest BCUT2D eigenvalue weighted by molar-refractivity contribution is 7.15. The Labute approximate surface area is 118 Å². The Morgan fingerprint density at radius 3 is 2.89 bits per heavy atom. The van der Waals surface area contributed by atoms with Gasteiger partial charge in [0.2, 0.25) is 5.91 Å². The zero-order chi connectivity index (χ0) is 12.1.